The highest BCUT2D eigenvalue weighted by Gasteiger charge is 2.11. The zero-order valence-corrected chi connectivity index (χ0v) is 9.68. The Morgan fingerprint density at radius 1 is 1.47 bits per heavy atom. The average Bonchev–Trinajstić information content (AvgIpc) is 2.94. The van der Waals surface area contributed by atoms with Crippen LogP contribution in [-0.2, 0) is 20.0 Å². The van der Waals surface area contributed by atoms with Crippen molar-refractivity contribution < 1.29 is 4.74 Å². The van der Waals surface area contributed by atoms with Crippen molar-refractivity contribution in [1.82, 2.24) is 14.8 Å². The molecule has 0 aliphatic carbocycles. The molecule has 1 aliphatic rings. The monoisotopic (exact) mass is 230 g/mol. The molecule has 3 rings (SSSR count). The number of hydrogen-bond acceptors (Lipinski definition) is 4. The van der Waals surface area contributed by atoms with Gasteiger partial charge in [0.25, 0.3) is 0 Å². The molecule has 2 aromatic rings. The van der Waals surface area contributed by atoms with Crippen LogP contribution in [0.15, 0.2) is 24.5 Å². The number of fused-ring (bicyclic) bond motifs is 1. The van der Waals surface area contributed by atoms with E-state index < -0.39 is 0 Å². The van der Waals surface area contributed by atoms with E-state index in [-0.39, 0.29) is 0 Å². The third-order valence-electron chi connectivity index (χ3n) is 2.80. The molecule has 0 saturated carbocycles. The van der Waals surface area contributed by atoms with Crippen LogP contribution in [0.3, 0.4) is 0 Å². The summed E-state index contributed by atoms with van der Waals surface area (Å²) < 4.78 is 7.15. The van der Waals surface area contributed by atoms with E-state index in [4.69, 9.17) is 4.74 Å². The predicted octanol–water partition coefficient (Wildman–Crippen LogP) is 1.36. The molecule has 0 atom stereocenters. The lowest BCUT2D eigenvalue weighted by Crippen LogP contribution is -2.02. The van der Waals surface area contributed by atoms with E-state index in [2.05, 4.69) is 27.5 Å². The van der Waals surface area contributed by atoms with Crippen molar-refractivity contribution >= 4 is 5.95 Å². The minimum Gasteiger partial charge on any atom is -0.493 e. The maximum Gasteiger partial charge on any atom is 0.242 e. The first-order chi connectivity index (χ1) is 8.31. The lowest BCUT2D eigenvalue weighted by Gasteiger charge is -2.04. The van der Waals surface area contributed by atoms with E-state index >= 15 is 0 Å². The second kappa shape index (κ2) is 4.08. The SMILES string of the molecule is Cn1cnc(NCc2ccc3c(c2)CCO3)n1. The number of nitrogens with one attached hydrogen (secondary N) is 1. The summed E-state index contributed by atoms with van der Waals surface area (Å²) >= 11 is 0. The topological polar surface area (TPSA) is 52.0 Å². The predicted molar refractivity (Wildman–Crippen MR) is 64.0 cm³/mol. The number of rotatable bonds is 3. The van der Waals surface area contributed by atoms with Crippen LogP contribution in [0.4, 0.5) is 5.95 Å². The third-order valence-corrected chi connectivity index (χ3v) is 2.80. The molecule has 17 heavy (non-hydrogen) atoms. The van der Waals surface area contributed by atoms with Crippen LogP contribution >= 0.6 is 0 Å². The molecule has 1 aromatic carbocycles. The smallest absolute Gasteiger partial charge is 0.242 e. The van der Waals surface area contributed by atoms with E-state index in [9.17, 15) is 0 Å². The number of aryl methyl sites for hydroxylation is 1. The van der Waals surface area contributed by atoms with Crippen molar-refractivity contribution in [2.24, 2.45) is 7.05 Å². The molecule has 0 saturated heterocycles. The normalized spacial score (nSPS) is 13.2. The van der Waals surface area contributed by atoms with Crippen molar-refractivity contribution in [2.45, 2.75) is 13.0 Å². The van der Waals surface area contributed by atoms with Gasteiger partial charge < -0.3 is 10.1 Å². The Kier molecular flexibility index (Phi) is 2.44. The number of anilines is 1. The maximum atomic E-state index is 5.47. The fourth-order valence-electron chi connectivity index (χ4n) is 1.95. The van der Waals surface area contributed by atoms with Crippen molar-refractivity contribution in [1.29, 1.82) is 0 Å². The average molecular weight is 230 g/mol. The van der Waals surface area contributed by atoms with E-state index in [0.29, 0.717) is 5.95 Å². The number of nitrogens with zero attached hydrogens (tertiary/aromatic N) is 3. The molecule has 5 heteroatoms. The summed E-state index contributed by atoms with van der Waals surface area (Å²) in [7, 11) is 1.85. The van der Waals surface area contributed by atoms with E-state index in [1.165, 1.54) is 11.1 Å². The fourth-order valence-corrected chi connectivity index (χ4v) is 1.95. The zero-order chi connectivity index (χ0) is 11.7. The lowest BCUT2D eigenvalue weighted by molar-refractivity contribution is 0.357. The van der Waals surface area contributed by atoms with Gasteiger partial charge in [-0.15, -0.1) is 5.10 Å². The van der Waals surface area contributed by atoms with Gasteiger partial charge in [-0.3, -0.25) is 4.68 Å². The molecule has 0 fully saturated rings. The van der Waals surface area contributed by atoms with Crippen molar-refractivity contribution in [3.63, 3.8) is 0 Å². The number of benzene rings is 1. The molecule has 0 unspecified atom stereocenters. The van der Waals surface area contributed by atoms with Gasteiger partial charge in [-0.25, -0.2) is 4.98 Å². The summed E-state index contributed by atoms with van der Waals surface area (Å²) in [4.78, 5) is 4.12. The standard InChI is InChI=1S/C12H14N4O/c1-16-8-14-12(15-16)13-7-9-2-3-11-10(6-9)4-5-17-11/h2-3,6,8H,4-5,7H2,1H3,(H,13,15). The molecule has 2 heterocycles. The van der Waals surface area contributed by atoms with Gasteiger partial charge in [0.15, 0.2) is 0 Å². The zero-order valence-electron chi connectivity index (χ0n) is 9.68. The van der Waals surface area contributed by atoms with Crippen LogP contribution in [0.2, 0.25) is 0 Å². The maximum absolute atomic E-state index is 5.47. The molecule has 1 aromatic heterocycles. The Balaban J connectivity index is 1.69. The minimum atomic E-state index is 0.657. The molecule has 0 amide bonds. The van der Waals surface area contributed by atoms with Crippen LogP contribution in [0.5, 0.6) is 5.75 Å². The molecule has 0 radical (unpaired) electrons. The molecular formula is C12H14N4O. The molecule has 88 valence electrons. The van der Waals surface area contributed by atoms with Gasteiger partial charge in [0.1, 0.15) is 12.1 Å². The Bertz CT molecular complexity index is 535. The van der Waals surface area contributed by atoms with Gasteiger partial charge in [-0.05, 0) is 17.2 Å². The van der Waals surface area contributed by atoms with Crippen LogP contribution in [0, 0.1) is 0 Å². The number of hydrogen-bond donors (Lipinski definition) is 1. The van der Waals surface area contributed by atoms with Gasteiger partial charge in [0.05, 0.1) is 6.61 Å². The number of aromatic nitrogens is 3. The molecule has 5 nitrogen and oxygen atoms in total. The van der Waals surface area contributed by atoms with Crippen molar-refractivity contribution in [3.05, 3.63) is 35.7 Å². The summed E-state index contributed by atoms with van der Waals surface area (Å²) in [5, 5.41) is 7.36. The van der Waals surface area contributed by atoms with Gasteiger partial charge in [-0.1, -0.05) is 12.1 Å². The fraction of sp³-hybridized carbons (Fsp3) is 0.333. The highest BCUT2D eigenvalue weighted by atomic mass is 16.5. The summed E-state index contributed by atoms with van der Waals surface area (Å²) in [5.41, 5.74) is 2.51. The first-order valence-electron chi connectivity index (χ1n) is 5.65. The van der Waals surface area contributed by atoms with Gasteiger partial charge in [0.2, 0.25) is 5.95 Å². The Labute approximate surface area is 99.4 Å². The van der Waals surface area contributed by atoms with Crippen LogP contribution in [-0.4, -0.2) is 21.4 Å². The van der Waals surface area contributed by atoms with Crippen LogP contribution in [0.1, 0.15) is 11.1 Å². The third kappa shape index (κ3) is 2.08. The van der Waals surface area contributed by atoms with E-state index in [1.54, 1.807) is 11.0 Å². The highest BCUT2D eigenvalue weighted by molar-refractivity contribution is 5.40. The lowest BCUT2D eigenvalue weighted by atomic mass is 10.1. The Hall–Kier alpha value is -2.04. The largest absolute Gasteiger partial charge is 0.493 e. The van der Waals surface area contributed by atoms with E-state index in [1.807, 2.05) is 13.1 Å². The van der Waals surface area contributed by atoms with Crippen LogP contribution < -0.4 is 10.1 Å². The highest BCUT2D eigenvalue weighted by Crippen LogP contribution is 2.25. The van der Waals surface area contributed by atoms with Crippen molar-refractivity contribution in [2.75, 3.05) is 11.9 Å². The van der Waals surface area contributed by atoms with Gasteiger partial charge in [-0.2, -0.15) is 0 Å². The first-order valence-corrected chi connectivity index (χ1v) is 5.65. The first kappa shape index (κ1) is 10.1. The molecule has 1 aliphatic heterocycles. The second-order valence-corrected chi connectivity index (χ2v) is 4.14. The summed E-state index contributed by atoms with van der Waals surface area (Å²) in [6.45, 7) is 1.53. The Morgan fingerprint density at radius 3 is 3.24 bits per heavy atom. The van der Waals surface area contributed by atoms with E-state index in [0.717, 1.165) is 25.3 Å². The number of ether oxygens (including phenoxy) is 1. The van der Waals surface area contributed by atoms with Gasteiger partial charge >= 0.3 is 0 Å². The molecule has 0 spiro atoms. The van der Waals surface area contributed by atoms with Crippen molar-refractivity contribution in [3.8, 4) is 5.75 Å². The Morgan fingerprint density at radius 2 is 2.41 bits per heavy atom. The summed E-state index contributed by atoms with van der Waals surface area (Å²) in [6.07, 6.45) is 2.68. The molecule has 1 N–H and O–H groups in total. The quantitative estimate of drug-likeness (QED) is 0.865. The minimum absolute atomic E-state index is 0.657. The van der Waals surface area contributed by atoms with Crippen LogP contribution in [0.25, 0.3) is 0 Å². The summed E-state index contributed by atoms with van der Waals surface area (Å²) in [5.74, 6) is 1.67. The molecular weight excluding hydrogens is 216 g/mol. The molecule has 0 bridgehead atoms. The second-order valence-electron chi connectivity index (χ2n) is 4.14. The summed E-state index contributed by atoms with van der Waals surface area (Å²) in [6, 6.07) is 6.28. The van der Waals surface area contributed by atoms with Gasteiger partial charge in [0, 0.05) is 20.0 Å².